The molecule has 1 atom stereocenters. The van der Waals surface area contributed by atoms with Gasteiger partial charge in [0.1, 0.15) is 11.6 Å². The molecule has 2 N–H and O–H groups in total. The summed E-state index contributed by atoms with van der Waals surface area (Å²) < 4.78 is 11.0. The SMILES string of the molecule is O=C(c1ccc2c(c1)CCO2)N(CC1CCNCC1)c1ccnc(NC2CCOC2)n1. The predicted molar refractivity (Wildman–Crippen MR) is 118 cm³/mol. The Morgan fingerprint density at radius 1 is 1.19 bits per heavy atom. The lowest BCUT2D eigenvalue weighted by atomic mass is 9.97. The Balaban J connectivity index is 1.41. The summed E-state index contributed by atoms with van der Waals surface area (Å²) in [6, 6.07) is 7.77. The van der Waals surface area contributed by atoms with Crippen molar-refractivity contribution in [3.05, 3.63) is 41.6 Å². The number of hydrogen-bond acceptors (Lipinski definition) is 7. The molecule has 1 aromatic heterocycles. The monoisotopic (exact) mass is 423 g/mol. The van der Waals surface area contributed by atoms with E-state index in [1.807, 2.05) is 29.2 Å². The van der Waals surface area contributed by atoms with Crippen LogP contribution >= 0.6 is 0 Å². The van der Waals surface area contributed by atoms with E-state index in [-0.39, 0.29) is 11.9 Å². The van der Waals surface area contributed by atoms with Crippen molar-refractivity contribution in [1.82, 2.24) is 15.3 Å². The summed E-state index contributed by atoms with van der Waals surface area (Å²) in [5.41, 5.74) is 1.77. The van der Waals surface area contributed by atoms with Crippen molar-refractivity contribution in [2.75, 3.05) is 49.7 Å². The van der Waals surface area contributed by atoms with Crippen LogP contribution in [0.25, 0.3) is 0 Å². The molecule has 2 saturated heterocycles. The van der Waals surface area contributed by atoms with Crippen LogP contribution in [0.1, 0.15) is 35.2 Å². The number of nitrogens with one attached hydrogen (secondary N) is 2. The van der Waals surface area contributed by atoms with Crippen LogP contribution in [-0.4, -0.2) is 61.4 Å². The number of aromatic nitrogens is 2. The summed E-state index contributed by atoms with van der Waals surface area (Å²) in [4.78, 5) is 24.5. The maximum absolute atomic E-state index is 13.6. The molecule has 1 amide bonds. The average Bonchev–Trinajstić information content (AvgIpc) is 3.49. The van der Waals surface area contributed by atoms with Crippen molar-refractivity contribution in [2.45, 2.75) is 31.7 Å². The zero-order valence-corrected chi connectivity index (χ0v) is 17.7. The van der Waals surface area contributed by atoms with E-state index >= 15 is 0 Å². The summed E-state index contributed by atoms with van der Waals surface area (Å²) in [5, 5.41) is 6.74. The van der Waals surface area contributed by atoms with Crippen LogP contribution in [0.2, 0.25) is 0 Å². The van der Waals surface area contributed by atoms with E-state index in [0.717, 1.165) is 56.7 Å². The molecule has 0 spiro atoms. The summed E-state index contributed by atoms with van der Waals surface area (Å²) >= 11 is 0. The third-order valence-electron chi connectivity index (χ3n) is 6.26. The molecular weight excluding hydrogens is 394 g/mol. The van der Waals surface area contributed by atoms with Gasteiger partial charge in [-0.25, -0.2) is 4.98 Å². The maximum atomic E-state index is 13.6. The van der Waals surface area contributed by atoms with Gasteiger partial charge in [-0.3, -0.25) is 9.69 Å². The molecule has 0 bridgehead atoms. The lowest BCUT2D eigenvalue weighted by molar-refractivity contribution is 0.0980. The molecule has 0 saturated carbocycles. The van der Waals surface area contributed by atoms with Gasteiger partial charge in [-0.05, 0) is 68.1 Å². The van der Waals surface area contributed by atoms with Crippen molar-refractivity contribution < 1.29 is 14.3 Å². The fraction of sp³-hybridized carbons (Fsp3) is 0.522. The van der Waals surface area contributed by atoms with Gasteiger partial charge in [-0.15, -0.1) is 0 Å². The number of amides is 1. The number of hydrogen-bond donors (Lipinski definition) is 2. The number of fused-ring (bicyclic) bond motifs is 1. The quantitative estimate of drug-likeness (QED) is 0.737. The molecule has 5 rings (SSSR count). The van der Waals surface area contributed by atoms with E-state index in [4.69, 9.17) is 14.5 Å². The van der Waals surface area contributed by atoms with Crippen LogP contribution in [0.3, 0.4) is 0 Å². The normalized spacial score (nSPS) is 20.8. The topological polar surface area (TPSA) is 88.6 Å². The Bertz CT molecular complexity index is 925. The molecule has 1 aromatic carbocycles. The first-order valence-corrected chi connectivity index (χ1v) is 11.2. The number of carbonyl (C=O) groups excluding carboxylic acids is 1. The number of carbonyl (C=O) groups is 1. The molecule has 8 nitrogen and oxygen atoms in total. The number of rotatable bonds is 6. The van der Waals surface area contributed by atoms with Gasteiger partial charge in [0.05, 0.1) is 19.3 Å². The highest BCUT2D eigenvalue weighted by molar-refractivity contribution is 6.05. The van der Waals surface area contributed by atoms with Crippen molar-refractivity contribution in [3.63, 3.8) is 0 Å². The summed E-state index contributed by atoms with van der Waals surface area (Å²) in [6.07, 6.45) is 5.60. The molecule has 3 aliphatic rings. The van der Waals surface area contributed by atoms with Gasteiger partial charge in [0, 0.05) is 31.3 Å². The van der Waals surface area contributed by atoms with Crippen LogP contribution < -0.4 is 20.3 Å². The largest absolute Gasteiger partial charge is 0.493 e. The fourth-order valence-electron chi connectivity index (χ4n) is 4.48. The summed E-state index contributed by atoms with van der Waals surface area (Å²) in [7, 11) is 0. The van der Waals surface area contributed by atoms with Gasteiger partial charge >= 0.3 is 0 Å². The maximum Gasteiger partial charge on any atom is 0.259 e. The second kappa shape index (κ2) is 9.20. The molecule has 4 heterocycles. The second-order valence-corrected chi connectivity index (χ2v) is 8.47. The van der Waals surface area contributed by atoms with Crippen molar-refractivity contribution >= 4 is 17.7 Å². The first-order chi connectivity index (χ1) is 15.3. The highest BCUT2D eigenvalue weighted by Crippen LogP contribution is 2.28. The van der Waals surface area contributed by atoms with Gasteiger partial charge in [-0.1, -0.05) is 0 Å². The lowest BCUT2D eigenvalue weighted by Crippen LogP contribution is -2.40. The van der Waals surface area contributed by atoms with Gasteiger partial charge in [0.15, 0.2) is 0 Å². The number of nitrogens with zero attached hydrogens (tertiary/aromatic N) is 3. The predicted octanol–water partition coefficient (Wildman–Crippen LogP) is 2.26. The molecule has 2 aromatic rings. The minimum absolute atomic E-state index is 0.0258. The Labute approximate surface area is 182 Å². The Kier molecular flexibility index (Phi) is 5.99. The van der Waals surface area contributed by atoms with E-state index in [0.29, 0.717) is 43.0 Å². The van der Waals surface area contributed by atoms with Crippen molar-refractivity contribution in [1.29, 1.82) is 0 Å². The Morgan fingerprint density at radius 2 is 2.10 bits per heavy atom. The number of piperidine rings is 1. The second-order valence-electron chi connectivity index (χ2n) is 8.47. The summed E-state index contributed by atoms with van der Waals surface area (Å²) in [6.45, 7) is 4.71. The molecule has 0 aliphatic carbocycles. The highest BCUT2D eigenvalue weighted by atomic mass is 16.5. The Morgan fingerprint density at radius 3 is 2.94 bits per heavy atom. The smallest absolute Gasteiger partial charge is 0.259 e. The average molecular weight is 424 g/mol. The standard InChI is InChI=1S/C23H29N5O3/c29-22(18-1-2-20-17(13-18)6-12-31-20)28(14-16-3-8-24-9-4-16)21-5-10-25-23(27-21)26-19-7-11-30-15-19/h1-2,5,10,13,16,19,24H,3-4,6-9,11-12,14-15H2,(H,25,26,27). The lowest BCUT2D eigenvalue weighted by Gasteiger charge is -2.30. The van der Waals surface area contributed by atoms with E-state index in [1.54, 1.807) is 6.20 Å². The van der Waals surface area contributed by atoms with Crippen LogP contribution in [0.5, 0.6) is 5.75 Å². The molecule has 164 valence electrons. The molecular formula is C23H29N5O3. The van der Waals surface area contributed by atoms with Gasteiger partial charge in [-0.2, -0.15) is 4.98 Å². The van der Waals surface area contributed by atoms with Crippen LogP contribution in [0, 0.1) is 5.92 Å². The van der Waals surface area contributed by atoms with Crippen LogP contribution in [-0.2, 0) is 11.2 Å². The third kappa shape index (κ3) is 4.65. The Hall–Kier alpha value is -2.71. The fourth-order valence-corrected chi connectivity index (χ4v) is 4.48. The van der Waals surface area contributed by atoms with Gasteiger partial charge < -0.3 is 20.1 Å². The number of ether oxygens (including phenoxy) is 2. The van der Waals surface area contributed by atoms with Crippen molar-refractivity contribution in [2.24, 2.45) is 5.92 Å². The summed E-state index contributed by atoms with van der Waals surface area (Å²) in [5.74, 6) is 2.48. The zero-order chi connectivity index (χ0) is 21.0. The number of benzene rings is 1. The molecule has 0 radical (unpaired) electrons. The van der Waals surface area contributed by atoms with Crippen LogP contribution in [0.15, 0.2) is 30.5 Å². The first-order valence-electron chi connectivity index (χ1n) is 11.2. The molecule has 31 heavy (non-hydrogen) atoms. The van der Waals surface area contributed by atoms with Crippen LogP contribution in [0.4, 0.5) is 11.8 Å². The molecule has 3 aliphatic heterocycles. The molecule has 8 heteroatoms. The van der Waals surface area contributed by atoms with E-state index < -0.39 is 0 Å². The van der Waals surface area contributed by atoms with Gasteiger partial charge in [0.2, 0.25) is 5.95 Å². The minimum Gasteiger partial charge on any atom is -0.493 e. The zero-order valence-electron chi connectivity index (χ0n) is 17.7. The molecule has 1 unspecified atom stereocenters. The van der Waals surface area contributed by atoms with E-state index in [1.165, 1.54) is 0 Å². The minimum atomic E-state index is -0.0258. The third-order valence-corrected chi connectivity index (χ3v) is 6.26. The van der Waals surface area contributed by atoms with Gasteiger partial charge in [0.25, 0.3) is 5.91 Å². The van der Waals surface area contributed by atoms with E-state index in [9.17, 15) is 4.79 Å². The first kappa shape index (κ1) is 20.2. The molecule has 2 fully saturated rings. The van der Waals surface area contributed by atoms with Crippen molar-refractivity contribution in [3.8, 4) is 5.75 Å². The highest BCUT2D eigenvalue weighted by Gasteiger charge is 2.26. The number of anilines is 2. The van der Waals surface area contributed by atoms with E-state index in [2.05, 4.69) is 15.6 Å².